The van der Waals surface area contributed by atoms with E-state index in [9.17, 15) is 0 Å². The normalized spacial score (nSPS) is 20.4. The van der Waals surface area contributed by atoms with Crippen LogP contribution in [0.3, 0.4) is 0 Å². The average molecular weight is 278 g/mol. The molecule has 1 aliphatic rings. The van der Waals surface area contributed by atoms with Crippen LogP contribution in [0.2, 0.25) is 0 Å². The lowest BCUT2D eigenvalue weighted by Crippen LogP contribution is -2.38. The zero-order valence-corrected chi connectivity index (χ0v) is 12.6. The van der Waals surface area contributed by atoms with Crippen molar-refractivity contribution in [3.8, 4) is 11.5 Å². The molecule has 0 aromatic heterocycles. The van der Waals surface area contributed by atoms with E-state index in [2.05, 4.69) is 17.1 Å². The molecule has 0 spiro atoms. The van der Waals surface area contributed by atoms with Gasteiger partial charge < -0.3 is 14.8 Å². The van der Waals surface area contributed by atoms with Crippen molar-refractivity contribution in [1.29, 1.82) is 0 Å². The first-order chi connectivity index (χ1) is 9.83. The lowest BCUT2D eigenvalue weighted by molar-refractivity contribution is 0.201. The molecule has 112 valence electrons. The Kier molecular flexibility index (Phi) is 6.15. The van der Waals surface area contributed by atoms with Gasteiger partial charge in [0.25, 0.3) is 0 Å². The number of hydrogen-bond acceptors (Lipinski definition) is 4. The van der Waals surface area contributed by atoms with Gasteiger partial charge in [-0.15, -0.1) is 0 Å². The molecule has 1 aromatic carbocycles. The number of ether oxygens (including phenoxy) is 2. The lowest BCUT2D eigenvalue weighted by Gasteiger charge is -2.23. The zero-order valence-electron chi connectivity index (χ0n) is 12.6. The highest BCUT2D eigenvalue weighted by molar-refractivity contribution is 5.39. The van der Waals surface area contributed by atoms with Crippen LogP contribution in [-0.4, -0.2) is 50.8 Å². The van der Waals surface area contributed by atoms with Crippen molar-refractivity contribution in [3.63, 3.8) is 0 Å². The van der Waals surface area contributed by atoms with Crippen LogP contribution in [0.5, 0.6) is 11.5 Å². The fourth-order valence-electron chi connectivity index (χ4n) is 2.58. The molecule has 1 N–H and O–H groups in total. The second-order valence-electron chi connectivity index (χ2n) is 5.21. The van der Waals surface area contributed by atoms with Crippen molar-refractivity contribution in [3.05, 3.63) is 24.3 Å². The second-order valence-corrected chi connectivity index (χ2v) is 5.21. The standard InChI is InChI=1S/C16H26N2O2/c1-3-14-13-18(10-6-9-17-14)11-12-20-16-8-5-4-7-15(16)19-2/h4-5,7-8,14,17H,3,6,9-13H2,1-2H3. The van der Waals surface area contributed by atoms with Crippen molar-refractivity contribution in [2.75, 3.05) is 39.9 Å². The van der Waals surface area contributed by atoms with E-state index in [0.717, 1.165) is 37.7 Å². The summed E-state index contributed by atoms with van der Waals surface area (Å²) in [5, 5.41) is 3.59. The molecule has 0 radical (unpaired) electrons. The van der Waals surface area contributed by atoms with E-state index in [-0.39, 0.29) is 0 Å². The van der Waals surface area contributed by atoms with Gasteiger partial charge in [0, 0.05) is 19.1 Å². The van der Waals surface area contributed by atoms with Crippen LogP contribution < -0.4 is 14.8 Å². The lowest BCUT2D eigenvalue weighted by atomic mass is 10.2. The predicted octanol–water partition coefficient (Wildman–Crippen LogP) is 2.15. The Bertz CT molecular complexity index is 398. The molecule has 0 saturated carbocycles. The van der Waals surface area contributed by atoms with Gasteiger partial charge in [0.1, 0.15) is 6.61 Å². The first kappa shape index (κ1) is 15.1. The summed E-state index contributed by atoms with van der Waals surface area (Å²) in [4.78, 5) is 2.49. The Morgan fingerprint density at radius 2 is 2.10 bits per heavy atom. The largest absolute Gasteiger partial charge is 0.493 e. The van der Waals surface area contributed by atoms with Gasteiger partial charge in [-0.2, -0.15) is 0 Å². The Morgan fingerprint density at radius 3 is 2.85 bits per heavy atom. The van der Waals surface area contributed by atoms with Crippen LogP contribution in [0.1, 0.15) is 19.8 Å². The average Bonchev–Trinajstić information content (AvgIpc) is 2.73. The first-order valence-corrected chi connectivity index (χ1v) is 7.55. The van der Waals surface area contributed by atoms with Crippen molar-refractivity contribution in [2.45, 2.75) is 25.8 Å². The van der Waals surface area contributed by atoms with Crippen LogP contribution >= 0.6 is 0 Å². The molecule has 1 aromatic rings. The van der Waals surface area contributed by atoms with Crippen LogP contribution in [-0.2, 0) is 0 Å². The number of para-hydroxylation sites is 2. The van der Waals surface area contributed by atoms with E-state index < -0.39 is 0 Å². The highest BCUT2D eigenvalue weighted by atomic mass is 16.5. The maximum Gasteiger partial charge on any atom is 0.161 e. The molecule has 1 unspecified atom stereocenters. The summed E-state index contributed by atoms with van der Waals surface area (Å²) in [6.45, 7) is 7.31. The second kappa shape index (κ2) is 8.12. The van der Waals surface area contributed by atoms with E-state index in [1.54, 1.807) is 7.11 Å². The molecular formula is C16H26N2O2. The van der Waals surface area contributed by atoms with Gasteiger partial charge in [0.2, 0.25) is 0 Å². The van der Waals surface area contributed by atoms with Gasteiger partial charge >= 0.3 is 0 Å². The van der Waals surface area contributed by atoms with Crippen molar-refractivity contribution in [1.82, 2.24) is 10.2 Å². The van der Waals surface area contributed by atoms with Gasteiger partial charge in [0.05, 0.1) is 7.11 Å². The Hall–Kier alpha value is -1.26. The highest BCUT2D eigenvalue weighted by Gasteiger charge is 2.15. The fourth-order valence-corrected chi connectivity index (χ4v) is 2.58. The summed E-state index contributed by atoms with van der Waals surface area (Å²) >= 11 is 0. The number of rotatable bonds is 6. The number of methoxy groups -OCH3 is 1. The summed E-state index contributed by atoms with van der Waals surface area (Å²) in [6, 6.07) is 8.43. The SMILES string of the molecule is CCC1CN(CCOc2ccccc2OC)CCCN1. The predicted molar refractivity (Wildman–Crippen MR) is 81.6 cm³/mol. The molecule has 0 bridgehead atoms. The summed E-state index contributed by atoms with van der Waals surface area (Å²) in [5.74, 6) is 1.63. The summed E-state index contributed by atoms with van der Waals surface area (Å²) in [6.07, 6.45) is 2.40. The van der Waals surface area contributed by atoms with Gasteiger partial charge in [-0.05, 0) is 38.1 Å². The zero-order chi connectivity index (χ0) is 14.2. The fraction of sp³-hybridized carbons (Fsp3) is 0.625. The molecule has 4 heteroatoms. The molecule has 1 aliphatic heterocycles. The van der Waals surface area contributed by atoms with E-state index in [1.165, 1.54) is 12.8 Å². The van der Waals surface area contributed by atoms with Crippen LogP contribution in [0.25, 0.3) is 0 Å². The molecule has 1 fully saturated rings. The van der Waals surface area contributed by atoms with E-state index >= 15 is 0 Å². The quantitative estimate of drug-likeness (QED) is 0.864. The van der Waals surface area contributed by atoms with Crippen LogP contribution in [0, 0.1) is 0 Å². The van der Waals surface area contributed by atoms with E-state index in [0.29, 0.717) is 12.6 Å². The third-order valence-corrected chi connectivity index (χ3v) is 3.79. The van der Waals surface area contributed by atoms with Crippen molar-refractivity contribution < 1.29 is 9.47 Å². The molecule has 4 nitrogen and oxygen atoms in total. The number of benzene rings is 1. The minimum Gasteiger partial charge on any atom is -0.493 e. The van der Waals surface area contributed by atoms with Gasteiger partial charge in [0.15, 0.2) is 11.5 Å². The van der Waals surface area contributed by atoms with Crippen LogP contribution in [0.15, 0.2) is 24.3 Å². The van der Waals surface area contributed by atoms with Crippen molar-refractivity contribution >= 4 is 0 Å². The highest BCUT2D eigenvalue weighted by Crippen LogP contribution is 2.25. The first-order valence-electron chi connectivity index (χ1n) is 7.55. The smallest absolute Gasteiger partial charge is 0.161 e. The minimum absolute atomic E-state index is 0.615. The third kappa shape index (κ3) is 4.39. The minimum atomic E-state index is 0.615. The Balaban J connectivity index is 1.79. The van der Waals surface area contributed by atoms with Crippen LogP contribution in [0.4, 0.5) is 0 Å². The van der Waals surface area contributed by atoms with Gasteiger partial charge in [-0.25, -0.2) is 0 Å². The number of hydrogen-bond donors (Lipinski definition) is 1. The Labute approximate surface area is 122 Å². The number of nitrogens with one attached hydrogen (secondary N) is 1. The molecule has 20 heavy (non-hydrogen) atoms. The topological polar surface area (TPSA) is 33.7 Å². The van der Waals surface area contributed by atoms with E-state index in [4.69, 9.17) is 9.47 Å². The molecule has 1 saturated heterocycles. The Morgan fingerprint density at radius 1 is 1.30 bits per heavy atom. The molecule has 0 aliphatic carbocycles. The van der Waals surface area contributed by atoms with Gasteiger partial charge in [-0.3, -0.25) is 4.90 Å². The summed E-state index contributed by atoms with van der Waals surface area (Å²) in [7, 11) is 1.68. The third-order valence-electron chi connectivity index (χ3n) is 3.79. The number of nitrogens with zero attached hydrogens (tertiary/aromatic N) is 1. The maximum atomic E-state index is 5.85. The summed E-state index contributed by atoms with van der Waals surface area (Å²) < 4.78 is 11.1. The maximum absolute atomic E-state index is 5.85. The molecule has 2 rings (SSSR count). The summed E-state index contributed by atoms with van der Waals surface area (Å²) in [5.41, 5.74) is 0. The van der Waals surface area contributed by atoms with Crippen molar-refractivity contribution in [2.24, 2.45) is 0 Å². The van der Waals surface area contributed by atoms with E-state index in [1.807, 2.05) is 24.3 Å². The molecule has 0 amide bonds. The van der Waals surface area contributed by atoms with Gasteiger partial charge in [-0.1, -0.05) is 19.1 Å². The molecule has 1 heterocycles. The molecular weight excluding hydrogens is 252 g/mol. The monoisotopic (exact) mass is 278 g/mol. The molecule has 1 atom stereocenters.